The molecule has 0 aliphatic heterocycles. The van der Waals surface area contributed by atoms with Gasteiger partial charge in [-0.2, -0.15) is 0 Å². The number of hydrogen-bond donors (Lipinski definition) is 0. The van der Waals surface area contributed by atoms with Crippen LogP contribution in [0.25, 0.3) is 0 Å². The third-order valence-corrected chi connectivity index (χ3v) is 6.83. The molecule has 31 heavy (non-hydrogen) atoms. The minimum absolute atomic E-state index is 0.661. The number of hydrogen-bond acceptors (Lipinski definition) is 4. The van der Waals surface area contributed by atoms with Gasteiger partial charge in [-0.15, -0.1) is 6.12 Å². The fourth-order valence-corrected chi connectivity index (χ4v) is 4.97. The molecule has 0 aliphatic rings. The van der Waals surface area contributed by atoms with Gasteiger partial charge in [-0.25, -0.2) is 0 Å². The molecule has 0 atom stereocenters. The first-order valence-electron chi connectivity index (χ1n) is 12.8. The first-order chi connectivity index (χ1) is 15.0. The van der Waals surface area contributed by atoms with Crippen molar-refractivity contribution in [3.05, 3.63) is 29.3 Å². The summed E-state index contributed by atoms with van der Waals surface area (Å²) < 4.78 is 5.56. The largest absolute Gasteiger partial charge is 0.682 e. The molecule has 0 fully saturated rings. The Morgan fingerprint density at radius 2 is 1.13 bits per heavy atom. The van der Waals surface area contributed by atoms with Gasteiger partial charge >= 0.3 is 0 Å². The molecule has 1 rings (SSSR count). The van der Waals surface area contributed by atoms with Crippen LogP contribution in [0, 0.1) is 0 Å². The van der Waals surface area contributed by atoms with E-state index in [-0.39, 0.29) is 0 Å². The molecule has 0 N–H and O–H groups in total. The zero-order valence-corrected chi connectivity index (χ0v) is 22.6. The molecular formula is C26H45O2PS2-2. The van der Waals surface area contributed by atoms with Crippen molar-refractivity contribution in [2.24, 2.45) is 0 Å². The first-order valence-corrected chi connectivity index (χ1v) is 16.4. The quantitative estimate of drug-likeness (QED) is 0.105. The van der Waals surface area contributed by atoms with Crippen molar-refractivity contribution in [1.82, 2.24) is 0 Å². The summed E-state index contributed by atoms with van der Waals surface area (Å²) in [6.07, 6.45) is 19.5. The predicted octanol–water partition coefficient (Wildman–Crippen LogP) is 8.56. The summed E-state index contributed by atoms with van der Waals surface area (Å²) in [5, 5.41) is 0. The van der Waals surface area contributed by atoms with Crippen LogP contribution in [0.5, 0.6) is 5.75 Å². The van der Waals surface area contributed by atoms with E-state index in [1.165, 1.54) is 102 Å². The Labute approximate surface area is 204 Å². The fraction of sp³-hybridized carbons (Fsp3) is 0.769. The van der Waals surface area contributed by atoms with Crippen molar-refractivity contribution in [2.45, 2.75) is 129 Å². The topological polar surface area (TPSA) is 32.3 Å². The minimum atomic E-state index is -3.38. The fourth-order valence-electron chi connectivity index (χ4n) is 4.08. The van der Waals surface area contributed by atoms with Crippen LogP contribution in [0.1, 0.15) is 128 Å². The Balaban J connectivity index is 2.41. The summed E-state index contributed by atoms with van der Waals surface area (Å²) >= 11 is 9.78. The monoisotopic (exact) mass is 484 g/mol. The van der Waals surface area contributed by atoms with E-state index >= 15 is 0 Å². The van der Waals surface area contributed by atoms with Gasteiger partial charge in [-0.1, -0.05) is 116 Å². The molecular weight excluding hydrogens is 439 g/mol. The third-order valence-electron chi connectivity index (χ3n) is 5.96. The zero-order chi connectivity index (χ0) is 22.8. The maximum absolute atomic E-state index is 12.0. The molecule has 2 nitrogen and oxygen atoms in total. The molecule has 0 unspecified atom stereocenters. The van der Waals surface area contributed by atoms with Gasteiger partial charge in [0, 0.05) is 0 Å². The van der Waals surface area contributed by atoms with E-state index in [4.69, 9.17) is 29.0 Å². The van der Waals surface area contributed by atoms with Gasteiger partial charge in [0.05, 0.1) is 0 Å². The summed E-state index contributed by atoms with van der Waals surface area (Å²) in [5.41, 5.74) is 2.33. The number of unbranched alkanes of at least 4 members (excludes halogenated alkanes) is 14. The summed E-state index contributed by atoms with van der Waals surface area (Å²) in [6.45, 7) is 4.51. The summed E-state index contributed by atoms with van der Waals surface area (Å²) in [6, 6.07) is 6.37. The maximum Gasteiger partial charge on any atom is 0.171 e. The van der Waals surface area contributed by atoms with E-state index < -0.39 is 6.12 Å². The molecule has 0 heterocycles. The van der Waals surface area contributed by atoms with Gasteiger partial charge in [-0.05, 0) is 42.9 Å². The highest BCUT2D eigenvalue weighted by Crippen LogP contribution is 2.47. The first kappa shape index (κ1) is 29.1. The molecule has 0 amide bonds. The van der Waals surface area contributed by atoms with Crippen molar-refractivity contribution in [3.8, 4) is 5.75 Å². The molecule has 1 aromatic rings. The van der Waals surface area contributed by atoms with Gasteiger partial charge < -0.3 is 33.9 Å². The van der Waals surface area contributed by atoms with Gasteiger partial charge in [0.25, 0.3) is 0 Å². The molecule has 0 saturated heterocycles. The van der Waals surface area contributed by atoms with Crippen LogP contribution in [-0.4, -0.2) is 0 Å². The predicted molar refractivity (Wildman–Crippen MR) is 141 cm³/mol. The van der Waals surface area contributed by atoms with Crippen molar-refractivity contribution in [2.75, 3.05) is 0 Å². The molecule has 180 valence electrons. The van der Waals surface area contributed by atoms with Gasteiger partial charge in [0.15, 0.2) is 5.75 Å². The molecule has 0 spiro atoms. The molecule has 0 aromatic heterocycles. The molecule has 1 aromatic carbocycles. The smallest absolute Gasteiger partial charge is 0.171 e. The summed E-state index contributed by atoms with van der Waals surface area (Å²) in [7, 11) is 0. The highest BCUT2D eigenvalue weighted by molar-refractivity contribution is 8.69. The van der Waals surface area contributed by atoms with Crippen molar-refractivity contribution in [1.29, 1.82) is 0 Å². The van der Waals surface area contributed by atoms with Gasteiger partial charge in [0.1, 0.15) is 0 Å². The second kappa shape index (κ2) is 18.5. The van der Waals surface area contributed by atoms with Gasteiger partial charge in [-0.3, -0.25) is 0 Å². The Morgan fingerprint density at radius 3 is 1.61 bits per heavy atom. The molecule has 5 heteroatoms. The molecule has 0 bridgehead atoms. The second-order valence-corrected chi connectivity index (χ2v) is 13.6. The summed E-state index contributed by atoms with van der Waals surface area (Å²) in [4.78, 5) is 12.0. The Hall–Kier alpha value is 0.110. The Kier molecular flexibility index (Phi) is 17.4. The van der Waals surface area contributed by atoms with Crippen molar-refractivity contribution >= 4 is 30.6 Å². The number of aryl methyl sites for hydroxylation is 2. The van der Waals surface area contributed by atoms with Crippen LogP contribution in [0.15, 0.2) is 18.2 Å². The lowest BCUT2D eigenvalue weighted by molar-refractivity contribution is -0.169. The Bertz CT molecular complexity index is 561. The second-order valence-electron chi connectivity index (χ2n) is 8.93. The highest BCUT2D eigenvalue weighted by Gasteiger charge is 2.09. The zero-order valence-electron chi connectivity index (χ0n) is 20.0. The van der Waals surface area contributed by atoms with Crippen LogP contribution in [0.3, 0.4) is 0 Å². The molecule has 0 radical (unpaired) electrons. The van der Waals surface area contributed by atoms with E-state index in [1.54, 1.807) is 0 Å². The van der Waals surface area contributed by atoms with Crippen LogP contribution in [0.4, 0.5) is 0 Å². The number of benzene rings is 1. The number of rotatable bonds is 20. The standard InChI is InChI=1S/C26H47O2PS2/c1-3-5-7-9-11-13-15-17-19-24-21-22-25(26(23-24)28-29(27,30)31)20-18-16-14-12-10-8-6-4-2/h21-23H,3-20H2,1-2H3,(H2,27,30,31)/p-2. The lowest BCUT2D eigenvalue weighted by Crippen LogP contribution is -2.10. The minimum Gasteiger partial charge on any atom is -0.682 e. The van der Waals surface area contributed by atoms with E-state index in [0.29, 0.717) is 5.75 Å². The van der Waals surface area contributed by atoms with Crippen molar-refractivity contribution in [3.63, 3.8) is 0 Å². The van der Waals surface area contributed by atoms with Gasteiger partial charge in [0.2, 0.25) is 0 Å². The average molecular weight is 485 g/mol. The summed E-state index contributed by atoms with van der Waals surface area (Å²) in [5.74, 6) is 0.661. The van der Waals surface area contributed by atoms with Crippen LogP contribution >= 0.6 is 6.12 Å². The maximum atomic E-state index is 12.0. The highest BCUT2D eigenvalue weighted by atomic mass is 33.1. The average Bonchev–Trinajstić information content (AvgIpc) is 2.72. The van der Waals surface area contributed by atoms with Crippen LogP contribution in [-0.2, 0) is 37.3 Å². The van der Waals surface area contributed by atoms with Crippen LogP contribution in [0.2, 0.25) is 0 Å². The Morgan fingerprint density at radius 1 is 0.677 bits per heavy atom. The van der Waals surface area contributed by atoms with Crippen LogP contribution < -0.4 is 9.42 Å². The normalized spacial score (nSPS) is 11.8. The molecule has 0 aliphatic carbocycles. The van der Waals surface area contributed by atoms with Crippen molar-refractivity contribution < 1.29 is 9.42 Å². The van der Waals surface area contributed by atoms with E-state index in [9.17, 15) is 4.89 Å². The lowest BCUT2D eigenvalue weighted by atomic mass is 10.00. The molecule has 0 saturated carbocycles. The third kappa shape index (κ3) is 16.4. The van der Waals surface area contributed by atoms with E-state index in [0.717, 1.165) is 24.8 Å². The van der Waals surface area contributed by atoms with E-state index in [1.807, 2.05) is 6.07 Å². The van der Waals surface area contributed by atoms with E-state index in [2.05, 4.69) is 26.0 Å². The lowest BCUT2D eigenvalue weighted by Gasteiger charge is -2.42. The SMILES string of the molecule is CCCCCCCCCCc1ccc(CCCCCCCCCC)c(O[P+]([O-])([S-])[S-])c1.